The number of rotatable bonds is 4. The van der Waals surface area contributed by atoms with E-state index in [0.29, 0.717) is 17.9 Å². The summed E-state index contributed by atoms with van der Waals surface area (Å²) >= 11 is 0. The standard InChI is InChI=1S/C13H17NO3/c1-2-16-13(15)11-5-3-4-6-12(11)17-10-7-8-14-9-10/h3-6,10,14H,2,7-9H2,1H3/t10-/m1/s1. The van der Waals surface area contributed by atoms with Crippen LogP contribution in [-0.4, -0.2) is 31.8 Å². The van der Waals surface area contributed by atoms with E-state index in [1.807, 2.05) is 18.2 Å². The van der Waals surface area contributed by atoms with Gasteiger partial charge in [0.15, 0.2) is 0 Å². The Morgan fingerprint density at radius 1 is 1.47 bits per heavy atom. The summed E-state index contributed by atoms with van der Waals surface area (Å²) in [7, 11) is 0. The summed E-state index contributed by atoms with van der Waals surface area (Å²) in [5, 5.41) is 3.23. The number of hydrogen-bond donors (Lipinski definition) is 1. The van der Waals surface area contributed by atoms with Gasteiger partial charge in [-0.1, -0.05) is 12.1 Å². The third-order valence-electron chi connectivity index (χ3n) is 2.69. The summed E-state index contributed by atoms with van der Waals surface area (Å²) in [5.41, 5.74) is 0.501. The van der Waals surface area contributed by atoms with E-state index in [2.05, 4.69) is 5.32 Å². The molecule has 1 aromatic rings. The minimum atomic E-state index is -0.325. The van der Waals surface area contributed by atoms with Gasteiger partial charge < -0.3 is 14.8 Å². The van der Waals surface area contributed by atoms with Crippen LogP contribution in [0.15, 0.2) is 24.3 Å². The van der Waals surface area contributed by atoms with Crippen LogP contribution in [0.25, 0.3) is 0 Å². The average molecular weight is 235 g/mol. The molecule has 1 saturated heterocycles. The topological polar surface area (TPSA) is 47.6 Å². The first kappa shape index (κ1) is 11.9. The fourth-order valence-corrected chi connectivity index (χ4v) is 1.86. The van der Waals surface area contributed by atoms with Gasteiger partial charge in [-0.25, -0.2) is 4.79 Å². The molecule has 2 rings (SSSR count). The normalized spacial score (nSPS) is 19.0. The van der Waals surface area contributed by atoms with Crippen molar-refractivity contribution in [3.05, 3.63) is 29.8 Å². The molecule has 4 heteroatoms. The van der Waals surface area contributed by atoms with Gasteiger partial charge in [0, 0.05) is 6.54 Å². The highest BCUT2D eigenvalue weighted by Gasteiger charge is 2.19. The first-order valence-electron chi connectivity index (χ1n) is 5.94. The molecule has 0 amide bonds. The maximum absolute atomic E-state index is 11.7. The van der Waals surface area contributed by atoms with Crippen molar-refractivity contribution < 1.29 is 14.3 Å². The molecule has 1 heterocycles. The Kier molecular flexibility index (Phi) is 3.98. The van der Waals surface area contributed by atoms with E-state index in [0.717, 1.165) is 19.5 Å². The molecule has 4 nitrogen and oxygen atoms in total. The highest BCUT2D eigenvalue weighted by molar-refractivity contribution is 5.92. The number of carbonyl (C=O) groups excluding carboxylic acids is 1. The van der Waals surface area contributed by atoms with Gasteiger partial charge in [0.1, 0.15) is 17.4 Å². The van der Waals surface area contributed by atoms with Gasteiger partial charge in [-0.15, -0.1) is 0 Å². The minimum Gasteiger partial charge on any atom is -0.488 e. The summed E-state index contributed by atoms with van der Waals surface area (Å²) in [6.45, 7) is 3.96. The van der Waals surface area contributed by atoms with E-state index in [-0.39, 0.29) is 12.1 Å². The zero-order valence-electron chi connectivity index (χ0n) is 9.94. The SMILES string of the molecule is CCOC(=O)c1ccccc1O[C@@H]1CCNC1. The van der Waals surface area contributed by atoms with Crippen molar-refractivity contribution in [1.29, 1.82) is 0 Å². The molecule has 1 fully saturated rings. The number of esters is 1. The van der Waals surface area contributed by atoms with Crippen molar-refractivity contribution in [3.63, 3.8) is 0 Å². The van der Waals surface area contributed by atoms with E-state index < -0.39 is 0 Å². The summed E-state index contributed by atoms with van der Waals surface area (Å²) in [4.78, 5) is 11.7. The number of para-hydroxylation sites is 1. The third-order valence-corrected chi connectivity index (χ3v) is 2.69. The van der Waals surface area contributed by atoms with Crippen LogP contribution in [0.3, 0.4) is 0 Å². The van der Waals surface area contributed by atoms with Crippen molar-refractivity contribution in [3.8, 4) is 5.75 Å². The van der Waals surface area contributed by atoms with Gasteiger partial charge in [0.05, 0.1) is 6.61 Å². The van der Waals surface area contributed by atoms with Crippen LogP contribution in [0.5, 0.6) is 5.75 Å². The lowest BCUT2D eigenvalue weighted by Crippen LogP contribution is -2.21. The van der Waals surface area contributed by atoms with Crippen LogP contribution >= 0.6 is 0 Å². The highest BCUT2D eigenvalue weighted by Crippen LogP contribution is 2.21. The quantitative estimate of drug-likeness (QED) is 0.805. The molecule has 0 aromatic heterocycles. The predicted octanol–water partition coefficient (Wildman–Crippen LogP) is 1.60. The first-order chi connectivity index (χ1) is 8.31. The maximum Gasteiger partial charge on any atom is 0.341 e. The number of hydrogen-bond acceptors (Lipinski definition) is 4. The van der Waals surface area contributed by atoms with Crippen LogP contribution in [0, 0.1) is 0 Å². The van der Waals surface area contributed by atoms with Gasteiger partial charge in [0.25, 0.3) is 0 Å². The van der Waals surface area contributed by atoms with Crippen molar-refractivity contribution in [2.24, 2.45) is 0 Å². The smallest absolute Gasteiger partial charge is 0.341 e. The third kappa shape index (κ3) is 2.97. The molecule has 1 atom stereocenters. The fourth-order valence-electron chi connectivity index (χ4n) is 1.86. The van der Waals surface area contributed by atoms with Gasteiger partial charge in [-0.3, -0.25) is 0 Å². The van der Waals surface area contributed by atoms with E-state index in [9.17, 15) is 4.79 Å². The molecular formula is C13H17NO3. The van der Waals surface area contributed by atoms with Crippen molar-refractivity contribution in [2.45, 2.75) is 19.4 Å². The second-order valence-electron chi connectivity index (χ2n) is 3.95. The Hall–Kier alpha value is -1.55. The van der Waals surface area contributed by atoms with Crippen molar-refractivity contribution in [1.82, 2.24) is 5.32 Å². The molecule has 0 aliphatic carbocycles. The monoisotopic (exact) mass is 235 g/mol. The van der Waals surface area contributed by atoms with Gasteiger partial charge in [-0.05, 0) is 32.0 Å². The minimum absolute atomic E-state index is 0.144. The molecule has 1 N–H and O–H groups in total. The predicted molar refractivity (Wildman–Crippen MR) is 64.3 cm³/mol. The van der Waals surface area contributed by atoms with Crippen LogP contribution < -0.4 is 10.1 Å². The summed E-state index contributed by atoms with van der Waals surface area (Å²) in [6, 6.07) is 7.22. The Morgan fingerprint density at radius 2 is 2.29 bits per heavy atom. The lowest BCUT2D eigenvalue weighted by atomic mass is 10.2. The van der Waals surface area contributed by atoms with E-state index in [4.69, 9.17) is 9.47 Å². The Balaban J connectivity index is 2.12. The van der Waals surface area contributed by atoms with Crippen LogP contribution in [0.2, 0.25) is 0 Å². The Labute approximate surface area is 101 Å². The molecule has 0 spiro atoms. The lowest BCUT2D eigenvalue weighted by molar-refractivity contribution is 0.0519. The largest absolute Gasteiger partial charge is 0.488 e. The molecule has 17 heavy (non-hydrogen) atoms. The molecule has 1 aromatic carbocycles. The summed E-state index contributed by atoms with van der Waals surface area (Å²) in [5.74, 6) is 0.286. The van der Waals surface area contributed by atoms with Crippen molar-refractivity contribution >= 4 is 5.97 Å². The van der Waals surface area contributed by atoms with Gasteiger partial charge >= 0.3 is 5.97 Å². The van der Waals surface area contributed by atoms with Crippen LogP contribution in [-0.2, 0) is 4.74 Å². The lowest BCUT2D eigenvalue weighted by Gasteiger charge is -2.15. The average Bonchev–Trinajstić information content (AvgIpc) is 2.83. The highest BCUT2D eigenvalue weighted by atomic mass is 16.5. The molecule has 0 bridgehead atoms. The number of ether oxygens (including phenoxy) is 2. The number of nitrogens with one attached hydrogen (secondary N) is 1. The zero-order chi connectivity index (χ0) is 12.1. The molecule has 0 unspecified atom stereocenters. The summed E-state index contributed by atoms with van der Waals surface area (Å²) < 4.78 is 10.8. The van der Waals surface area contributed by atoms with Crippen molar-refractivity contribution in [2.75, 3.05) is 19.7 Å². The molecule has 0 saturated carbocycles. The first-order valence-corrected chi connectivity index (χ1v) is 5.94. The molecule has 92 valence electrons. The molecule has 0 radical (unpaired) electrons. The summed E-state index contributed by atoms with van der Waals surface area (Å²) in [6.07, 6.45) is 1.11. The Bertz CT molecular complexity index is 386. The molecule has 1 aliphatic rings. The molecular weight excluding hydrogens is 218 g/mol. The zero-order valence-corrected chi connectivity index (χ0v) is 9.94. The van der Waals surface area contributed by atoms with E-state index in [1.165, 1.54) is 0 Å². The van der Waals surface area contributed by atoms with Crippen LogP contribution in [0.4, 0.5) is 0 Å². The molecule has 1 aliphatic heterocycles. The second-order valence-corrected chi connectivity index (χ2v) is 3.95. The Morgan fingerprint density at radius 3 is 3.00 bits per heavy atom. The maximum atomic E-state index is 11.7. The van der Waals surface area contributed by atoms with Gasteiger partial charge in [0.2, 0.25) is 0 Å². The van der Waals surface area contributed by atoms with E-state index >= 15 is 0 Å². The van der Waals surface area contributed by atoms with E-state index in [1.54, 1.807) is 13.0 Å². The van der Waals surface area contributed by atoms with Gasteiger partial charge in [-0.2, -0.15) is 0 Å². The van der Waals surface area contributed by atoms with Crippen LogP contribution in [0.1, 0.15) is 23.7 Å². The fraction of sp³-hybridized carbons (Fsp3) is 0.462. The number of carbonyl (C=O) groups is 1. The number of benzene rings is 1. The second kappa shape index (κ2) is 5.68.